The lowest BCUT2D eigenvalue weighted by atomic mass is 10.3. The van der Waals surface area contributed by atoms with E-state index in [9.17, 15) is 0 Å². The molecule has 0 fully saturated rings. The first-order valence-corrected chi connectivity index (χ1v) is 5.52. The van der Waals surface area contributed by atoms with Crippen LogP contribution in [0.5, 0.6) is 0 Å². The van der Waals surface area contributed by atoms with Gasteiger partial charge in [0, 0.05) is 25.5 Å². The van der Waals surface area contributed by atoms with Crippen LogP contribution in [0.1, 0.15) is 19.5 Å². The lowest BCUT2D eigenvalue weighted by molar-refractivity contribution is 0.742. The van der Waals surface area contributed by atoms with Crippen molar-refractivity contribution in [1.82, 2.24) is 14.7 Å². The minimum Gasteiger partial charge on any atom is -0.308 e. The van der Waals surface area contributed by atoms with Gasteiger partial charge in [-0.15, -0.1) is 0 Å². The molecule has 0 atom stereocenters. The number of fused-ring (bicyclic) bond motifs is 1. The number of hydrogen-bond donors (Lipinski definition) is 1. The predicted octanol–water partition coefficient (Wildman–Crippen LogP) is 2.39. The van der Waals surface area contributed by atoms with Crippen molar-refractivity contribution < 1.29 is 0 Å². The summed E-state index contributed by atoms with van der Waals surface area (Å²) in [5.74, 6) is 0. The fraction of sp³-hybridized carbons (Fsp3) is 0.308. The molecule has 0 saturated heterocycles. The molecule has 0 unspecified atom stereocenters. The molecule has 0 spiro atoms. The molecule has 1 N–H and O–H groups in total. The van der Waals surface area contributed by atoms with Gasteiger partial charge in [-0.05, 0) is 26.0 Å². The van der Waals surface area contributed by atoms with Gasteiger partial charge in [-0.3, -0.25) is 0 Å². The highest BCUT2D eigenvalue weighted by atomic mass is 15.0. The molecule has 0 bridgehead atoms. The third kappa shape index (κ3) is 2.70. The number of nitrogens with zero attached hydrogens (tertiary/aromatic N) is 2. The predicted molar refractivity (Wildman–Crippen MR) is 66.3 cm³/mol. The average molecular weight is 215 g/mol. The molecule has 0 saturated carbocycles. The van der Waals surface area contributed by atoms with Crippen LogP contribution in [-0.2, 0) is 6.54 Å². The third-order valence-corrected chi connectivity index (χ3v) is 2.37. The van der Waals surface area contributed by atoms with Gasteiger partial charge in [0.15, 0.2) is 0 Å². The van der Waals surface area contributed by atoms with Crippen molar-refractivity contribution in [2.75, 3.05) is 6.54 Å². The number of pyridine rings is 1. The van der Waals surface area contributed by atoms with E-state index in [2.05, 4.69) is 36.4 Å². The van der Waals surface area contributed by atoms with E-state index in [1.807, 2.05) is 28.8 Å². The first-order chi connectivity index (χ1) is 7.75. The molecule has 2 aromatic rings. The van der Waals surface area contributed by atoms with Gasteiger partial charge in [-0.1, -0.05) is 17.7 Å². The van der Waals surface area contributed by atoms with Gasteiger partial charge >= 0.3 is 0 Å². The molecule has 2 aromatic heterocycles. The third-order valence-electron chi connectivity index (χ3n) is 2.37. The maximum atomic E-state index is 4.51. The van der Waals surface area contributed by atoms with E-state index in [1.165, 1.54) is 5.57 Å². The summed E-state index contributed by atoms with van der Waals surface area (Å²) in [5.41, 5.74) is 3.41. The molecule has 2 rings (SSSR count). The molecule has 0 radical (unpaired) electrons. The molecular formula is C13H17N3. The Hall–Kier alpha value is -1.61. The SMILES string of the molecule is CC(C)=CCNCc1cn2ccccc2n1. The van der Waals surface area contributed by atoms with Crippen LogP contribution in [0.3, 0.4) is 0 Å². The van der Waals surface area contributed by atoms with Gasteiger partial charge in [-0.2, -0.15) is 0 Å². The Morgan fingerprint density at radius 2 is 2.31 bits per heavy atom. The van der Waals surface area contributed by atoms with Gasteiger partial charge in [0.25, 0.3) is 0 Å². The smallest absolute Gasteiger partial charge is 0.137 e. The molecule has 3 nitrogen and oxygen atoms in total. The van der Waals surface area contributed by atoms with E-state index in [0.717, 1.165) is 24.4 Å². The van der Waals surface area contributed by atoms with Crippen molar-refractivity contribution in [2.45, 2.75) is 20.4 Å². The highest BCUT2D eigenvalue weighted by molar-refractivity contribution is 5.39. The fourth-order valence-electron chi connectivity index (χ4n) is 1.55. The maximum absolute atomic E-state index is 4.51. The largest absolute Gasteiger partial charge is 0.308 e. The van der Waals surface area contributed by atoms with E-state index in [-0.39, 0.29) is 0 Å². The Balaban J connectivity index is 1.97. The molecule has 2 heterocycles. The Morgan fingerprint density at radius 3 is 3.06 bits per heavy atom. The van der Waals surface area contributed by atoms with Gasteiger partial charge in [0.1, 0.15) is 5.65 Å². The Labute approximate surface area is 95.8 Å². The molecule has 0 aliphatic carbocycles. The Kier molecular flexibility index (Phi) is 3.37. The first kappa shape index (κ1) is 10.9. The molecule has 0 amide bonds. The fourth-order valence-corrected chi connectivity index (χ4v) is 1.55. The zero-order chi connectivity index (χ0) is 11.4. The van der Waals surface area contributed by atoms with Crippen molar-refractivity contribution in [1.29, 1.82) is 0 Å². The van der Waals surface area contributed by atoms with Crippen molar-refractivity contribution in [2.24, 2.45) is 0 Å². The van der Waals surface area contributed by atoms with Gasteiger partial charge in [0.05, 0.1) is 5.69 Å². The summed E-state index contributed by atoms with van der Waals surface area (Å²) in [5, 5.41) is 3.34. The summed E-state index contributed by atoms with van der Waals surface area (Å²) >= 11 is 0. The van der Waals surface area contributed by atoms with Crippen LogP contribution in [0.15, 0.2) is 42.2 Å². The van der Waals surface area contributed by atoms with E-state index in [4.69, 9.17) is 0 Å². The summed E-state index contributed by atoms with van der Waals surface area (Å²) in [7, 11) is 0. The number of allylic oxidation sites excluding steroid dienone is 1. The number of aromatic nitrogens is 2. The summed E-state index contributed by atoms with van der Waals surface area (Å²) in [6.07, 6.45) is 6.25. The quantitative estimate of drug-likeness (QED) is 0.627. The molecule has 0 aliphatic rings. The number of hydrogen-bond acceptors (Lipinski definition) is 2. The van der Waals surface area contributed by atoms with Crippen LogP contribution in [0.25, 0.3) is 5.65 Å². The van der Waals surface area contributed by atoms with E-state index >= 15 is 0 Å². The number of imidazole rings is 1. The van der Waals surface area contributed by atoms with Crippen molar-refractivity contribution >= 4 is 5.65 Å². The Morgan fingerprint density at radius 1 is 1.44 bits per heavy atom. The zero-order valence-electron chi connectivity index (χ0n) is 9.77. The second kappa shape index (κ2) is 4.94. The van der Waals surface area contributed by atoms with Gasteiger partial charge in [-0.25, -0.2) is 4.98 Å². The first-order valence-electron chi connectivity index (χ1n) is 5.52. The molecule has 0 aromatic carbocycles. The Bertz CT molecular complexity index is 460. The monoisotopic (exact) mass is 215 g/mol. The van der Waals surface area contributed by atoms with E-state index in [1.54, 1.807) is 0 Å². The summed E-state index contributed by atoms with van der Waals surface area (Å²) in [6, 6.07) is 6.03. The lowest BCUT2D eigenvalue weighted by Gasteiger charge is -1.97. The topological polar surface area (TPSA) is 29.3 Å². The maximum Gasteiger partial charge on any atom is 0.137 e. The molecular weight excluding hydrogens is 198 g/mol. The van der Waals surface area contributed by atoms with Crippen LogP contribution in [0, 0.1) is 0 Å². The van der Waals surface area contributed by atoms with Crippen molar-refractivity contribution in [3.63, 3.8) is 0 Å². The lowest BCUT2D eigenvalue weighted by Crippen LogP contribution is -2.13. The van der Waals surface area contributed by atoms with Gasteiger partial charge < -0.3 is 9.72 Å². The summed E-state index contributed by atoms with van der Waals surface area (Å²) < 4.78 is 2.04. The van der Waals surface area contributed by atoms with E-state index < -0.39 is 0 Å². The van der Waals surface area contributed by atoms with Crippen molar-refractivity contribution in [3.8, 4) is 0 Å². The highest BCUT2D eigenvalue weighted by Crippen LogP contribution is 2.03. The molecule has 84 valence electrons. The van der Waals surface area contributed by atoms with Crippen LogP contribution >= 0.6 is 0 Å². The van der Waals surface area contributed by atoms with Crippen LogP contribution < -0.4 is 5.32 Å². The summed E-state index contributed by atoms with van der Waals surface area (Å²) in [6.45, 7) is 5.92. The summed E-state index contributed by atoms with van der Waals surface area (Å²) in [4.78, 5) is 4.51. The van der Waals surface area contributed by atoms with E-state index in [0.29, 0.717) is 0 Å². The number of rotatable bonds is 4. The molecule has 3 heteroatoms. The normalized spacial score (nSPS) is 10.6. The average Bonchev–Trinajstić information content (AvgIpc) is 2.66. The van der Waals surface area contributed by atoms with Crippen LogP contribution in [0.2, 0.25) is 0 Å². The molecule has 16 heavy (non-hydrogen) atoms. The standard InChI is InChI=1S/C13H17N3/c1-11(2)6-7-14-9-12-10-16-8-4-3-5-13(16)15-12/h3-6,8,10,14H,7,9H2,1-2H3. The van der Waals surface area contributed by atoms with Crippen LogP contribution in [0.4, 0.5) is 0 Å². The zero-order valence-corrected chi connectivity index (χ0v) is 9.77. The minimum absolute atomic E-state index is 0.811. The van der Waals surface area contributed by atoms with Crippen LogP contribution in [-0.4, -0.2) is 15.9 Å². The van der Waals surface area contributed by atoms with Crippen molar-refractivity contribution in [3.05, 3.63) is 47.9 Å². The second-order valence-corrected chi connectivity index (χ2v) is 4.11. The second-order valence-electron chi connectivity index (χ2n) is 4.11. The number of nitrogens with one attached hydrogen (secondary N) is 1. The molecule has 0 aliphatic heterocycles. The minimum atomic E-state index is 0.811. The van der Waals surface area contributed by atoms with Gasteiger partial charge in [0.2, 0.25) is 0 Å². The highest BCUT2D eigenvalue weighted by Gasteiger charge is 1.98.